The van der Waals surface area contributed by atoms with Gasteiger partial charge in [0.25, 0.3) is 5.91 Å². The molecule has 4 rings (SSSR count). The van der Waals surface area contributed by atoms with Crippen LogP contribution in [0.2, 0.25) is 5.02 Å². The molecule has 2 atom stereocenters. The molecule has 1 aliphatic carbocycles. The van der Waals surface area contributed by atoms with Crippen LogP contribution in [0, 0.1) is 0 Å². The Morgan fingerprint density at radius 2 is 2.17 bits per heavy atom. The highest BCUT2D eigenvalue weighted by Gasteiger charge is 2.49. The number of hydrogen-bond donors (Lipinski definition) is 2. The molecule has 1 aromatic carbocycles. The number of aromatic nitrogens is 1. The zero-order valence-corrected chi connectivity index (χ0v) is 17.8. The lowest BCUT2D eigenvalue weighted by Gasteiger charge is -2.32. The highest BCUT2D eigenvalue weighted by Crippen LogP contribution is 2.39. The average Bonchev–Trinajstić information content (AvgIpc) is 3.38. The van der Waals surface area contributed by atoms with Crippen molar-refractivity contribution in [3.8, 4) is 0 Å². The first-order valence-electron chi connectivity index (χ1n) is 10.5. The molecule has 7 heteroatoms. The molecule has 2 aromatic rings. The van der Waals surface area contributed by atoms with Gasteiger partial charge in [-0.2, -0.15) is 0 Å². The Bertz CT molecular complexity index is 980. The minimum atomic E-state index is -1.60. The van der Waals surface area contributed by atoms with E-state index in [1.54, 1.807) is 12.4 Å². The van der Waals surface area contributed by atoms with Crippen LogP contribution in [0.15, 0.2) is 36.7 Å². The van der Waals surface area contributed by atoms with Crippen molar-refractivity contribution in [1.82, 2.24) is 15.2 Å². The monoisotopic (exact) mass is 427 g/mol. The standard InChI is InChI=1S/C23H26ClN3O3/c1-2-15-5-6-18(24)12-17(15)13-26-21(28)20-4-3-11-27(20)22(29)23(30)9-7-16-8-10-25-14-19(16)23/h5-6,8,10,12,14,20,30H,2-4,7,9,11,13H2,1H3,(H,26,28)/t20-,23?/m0/s1. The first-order valence-corrected chi connectivity index (χ1v) is 10.8. The van der Waals surface area contributed by atoms with Gasteiger partial charge in [0.1, 0.15) is 6.04 Å². The maximum atomic E-state index is 13.3. The van der Waals surface area contributed by atoms with Crippen LogP contribution >= 0.6 is 11.6 Å². The molecule has 1 saturated heterocycles. The number of aliphatic hydroxyl groups is 1. The summed E-state index contributed by atoms with van der Waals surface area (Å²) in [6.45, 7) is 2.88. The van der Waals surface area contributed by atoms with Gasteiger partial charge in [-0.25, -0.2) is 0 Å². The molecule has 0 saturated carbocycles. The number of nitrogens with one attached hydrogen (secondary N) is 1. The van der Waals surface area contributed by atoms with E-state index in [4.69, 9.17) is 11.6 Å². The van der Waals surface area contributed by atoms with Gasteiger partial charge in [-0.1, -0.05) is 24.6 Å². The molecule has 1 aromatic heterocycles. The van der Waals surface area contributed by atoms with Crippen LogP contribution in [-0.2, 0) is 34.6 Å². The second kappa shape index (κ2) is 8.36. The maximum absolute atomic E-state index is 13.3. The van der Waals surface area contributed by atoms with Crippen molar-refractivity contribution in [2.24, 2.45) is 0 Å². The zero-order chi connectivity index (χ0) is 21.3. The van der Waals surface area contributed by atoms with Crippen molar-refractivity contribution >= 4 is 23.4 Å². The van der Waals surface area contributed by atoms with Gasteiger partial charge in [-0.05, 0) is 67.0 Å². The van der Waals surface area contributed by atoms with E-state index >= 15 is 0 Å². The Hall–Kier alpha value is -2.44. The molecule has 30 heavy (non-hydrogen) atoms. The van der Waals surface area contributed by atoms with Crippen molar-refractivity contribution < 1.29 is 14.7 Å². The smallest absolute Gasteiger partial charge is 0.259 e. The van der Waals surface area contributed by atoms with Crippen LogP contribution in [0.3, 0.4) is 0 Å². The van der Waals surface area contributed by atoms with Gasteiger partial charge < -0.3 is 15.3 Å². The van der Waals surface area contributed by atoms with Crippen molar-refractivity contribution in [2.45, 2.75) is 57.2 Å². The Balaban J connectivity index is 1.48. The molecular formula is C23H26ClN3O3. The minimum absolute atomic E-state index is 0.198. The SMILES string of the molecule is CCc1ccc(Cl)cc1CNC(=O)[C@@H]1CCCN1C(=O)C1(O)CCc2ccncc21. The summed E-state index contributed by atoms with van der Waals surface area (Å²) in [6, 6.07) is 6.94. The third-order valence-electron chi connectivity index (χ3n) is 6.29. The van der Waals surface area contributed by atoms with Crippen LogP contribution < -0.4 is 5.32 Å². The van der Waals surface area contributed by atoms with E-state index in [0.29, 0.717) is 42.9 Å². The fourth-order valence-corrected chi connectivity index (χ4v) is 4.80. The molecule has 2 heterocycles. The molecule has 2 amide bonds. The van der Waals surface area contributed by atoms with Gasteiger partial charge in [0.2, 0.25) is 5.91 Å². The predicted octanol–water partition coefficient (Wildman–Crippen LogP) is 2.74. The fraction of sp³-hybridized carbons (Fsp3) is 0.435. The van der Waals surface area contributed by atoms with Crippen molar-refractivity contribution in [3.63, 3.8) is 0 Å². The number of halogens is 1. The van der Waals surface area contributed by atoms with Crippen LogP contribution in [0.1, 0.15) is 48.4 Å². The first-order chi connectivity index (χ1) is 14.4. The number of pyridine rings is 1. The van der Waals surface area contributed by atoms with E-state index in [2.05, 4.69) is 17.2 Å². The molecule has 1 fully saturated rings. The Morgan fingerprint density at radius 3 is 2.97 bits per heavy atom. The number of nitrogens with zero attached hydrogens (tertiary/aromatic N) is 2. The lowest BCUT2D eigenvalue weighted by atomic mass is 9.95. The minimum Gasteiger partial charge on any atom is -0.375 e. The topological polar surface area (TPSA) is 82.5 Å². The third kappa shape index (κ3) is 3.70. The largest absolute Gasteiger partial charge is 0.375 e. The van der Waals surface area contributed by atoms with Crippen molar-refractivity contribution in [3.05, 3.63) is 63.9 Å². The van der Waals surface area contributed by atoms with Crippen molar-refractivity contribution in [1.29, 1.82) is 0 Å². The summed E-state index contributed by atoms with van der Waals surface area (Å²) >= 11 is 6.11. The highest BCUT2D eigenvalue weighted by atomic mass is 35.5. The molecule has 0 spiro atoms. The highest BCUT2D eigenvalue weighted by molar-refractivity contribution is 6.30. The van der Waals surface area contributed by atoms with Crippen LogP contribution in [0.4, 0.5) is 0 Å². The van der Waals surface area contributed by atoms with Gasteiger partial charge in [0.15, 0.2) is 5.60 Å². The van der Waals surface area contributed by atoms with Gasteiger partial charge in [-0.15, -0.1) is 0 Å². The lowest BCUT2D eigenvalue weighted by molar-refractivity contribution is -0.155. The second-order valence-corrected chi connectivity index (χ2v) is 8.47. The Labute approximate surface area is 181 Å². The van der Waals surface area contributed by atoms with Gasteiger partial charge >= 0.3 is 0 Å². The van der Waals surface area contributed by atoms with Gasteiger partial charge in [0, 0.05) is 36.1 Å². The van der Waals surface area contributed by atoms with Crippen LogP contribution in [0.25, 0.3) is 0 Å². The number of benzene rings is 1. The van der Waals surface area contributed by atoms with E-state index < -0.39 is 17.6 Å². The number of carbonyl (C=O) groups excluding carboxylic acids is 2. The number of aryl methyl sites for hydroxylation is 2. The van der Waals surface area contributed by atoms with Gasteiger partial charge in [-0.3, -0.25) is 14.6 Å². The molecule has 158 valence electrons. The van der Waals surface area contributed by atoms with Crippen molar-refractivity contribution in [2.75, 3.05) is 6.54 Å². The van der Waals surface area contributed by atoms with Gasteiger partial charge in [0.05, 0.1) is 0 Å². The number of likely N-dealkylation sites (tertiary alicyclic amines) is 1. The zero-order valence-electron chi connectivity index (χ0n) is 17.0. The summed E-state index contributed by atoms with van der Waals surface area (Å²) in [5.41, 5.74) is 2.00. The lowest BCUT2D eigenvalue weighted by Crippen LogP contribution is -2.52. The maximum Gasteiger partial charge on any atom is 0.259 e. The first kappa shape index (κ1) is 20.8. The van der Waals surface area contributed by atoms with Crippen LogP contribution in [-0.4, -0.2) is 39.4 Å². The molecule has 1 aliphatic heterocycles. The molecule has 0 bridgehead atoms. The number of rotatable bonds is 5. The fourth-order valence-electron chi connectivity index (χ4n) is 4.61. The van der Waals surface area contributed by atoms with E-state index in [9.17, 15) is 14.7 Å². The number of hydrogen-bond acceptors (Lipinski definition) is 4. The molecule has 6 nitrogen and oxygen atoms in total. The van der Waals surface area contributed by atoms with Crippen LogP contribution in [0.5, 0.6) is 0 Å². The Kier molecular flexibility index (Phi) is 5.80. The number of amides is 2. The summed E-state index contributed by atoms with van der Waals surface area (Å²) in [4.78, 5) is 31.9. The molecular weight excluding hydrogens is 402 g/mol. The summed E-state index contributed by atoms with van der Waals surface area (Å²) in [6.07, 6.45) is 6.34. The summed E-state index contributed by atoms with van der Waals surface area (Å²) in [5, 5.41) is 14.8. The number of carbonyl (C=O) groups is 2. The molecule has 2 aliphatic rings. The summed E-state index contributed by atoms with van der Waals surface area (Å²) in [7, 11) is 0. The number of fused-ring (bicyclic) bond motifs is 1. The third-order valence-corrected chi connectivity index (χ3v) is 6.52. The normalized spacial score (nSPS) is 22.8. The van der Waals surface area contributed by atoms with E-state index in [0.717, 1.165) is 29.5 Å². The van der Waals surface area contributed by atoms with E-state index in [-0.39, 0.29) is 5.91 Å². The average molecular weight is 428 g/mol. The quantitative estimate of drug-likeness (QED) is 0.768. The Morgan fingerprint density at radius 1 is 1.33 bits per heavy atom. The van der Waals surface area contributed by atoms with E-state index in [1.807, 2.05) is 24.3 Å². The summed E-state index contributed by atoms with van der Waals surface area (Å²) < 4.78 is 0. The molecule has 1 unspecified atom stereocenters. The molecule has 0 radical (unpaired) electrons. The second-order valence-electron chi connectivity index (χ2n) is 8.03. The van der Waals surface area contributed by atoms with E-state index in [1.165, 1.54) is 4.90 Å². The predicted molar refractivity (Wildman–Crippen MR) is 114 cm³/mol. The molecule has 2 N–H and O–H groups in total. The summed E-state index contributed by atoms with van der Waals surface area (Å²) in [5.74, 6) is -0.597.